The lowest BCUT2D eigenvalue weighted by molar-refractivity contribution is 0.104. The highest BCUT2D eigenvalue weighted by Gasteiger charge is 2.12. The molecule has 0 saturated carbocycles. The van der Waals surface area contributed by atoms with Crippen LogP contribution in [-0.4, -0.2) is 34.2 Å². The van der Waals surface area contributed by atoms with Crippen LogP contribution in [0.25, 0.3) is 6.08 Å². The van der Waals surface area contributed by atoms with E-state index in [1.54, 1.807) is 51.7 Å². The highest BCUT2D eigenvalue weighted by Crippen LogP contribution is 2.32. The van der Waals surface area contributed by atoms with Crippen molar-refractivity contribution in [1.82, 2.24) is 0 Å². The molecule has 0 bridgehead atoms. The first kappa shape index (κ1) is 17.4. The molecule has 0 saturated heterocycles. The maximum atomic E-state index is 12.5. The van der Waals surface area contributed by atoms with E-state index in [1.165, 1.54) is 13.2 Å². The number of ether oxygens (including phenoxy) is 4. The Morgan fingerprint density at radius 1 is 0.875 bits per heavy atom. The molecule has 5 nitrogen and oxygen atoms in total. The molecule has 0 unspecified atom stereocenters. The van der Waals surface area contributed by atoms with Gasteiger partial charge in [0, 0.05) is 11.6 Å². The summed E-state index contributed by atoms with van der Waals surface area (Å²) in [5.41, 5.74) is 1.20. The van der Waals surface area contributed by atoms with E-state index in [4.69, 9.17) is 18.9 Å². The van der Waals surface area contributed by atoms with Crippen LogP contribution in [0.3, 0.4) is 0 Å². The molecule has 24 heavy (non-hydrogen) atoms. The van der Waals surface area contributed by atoms with Crippen LogP contribution in [0.5, 0.6) is 23.0 Å². The van der Waals surface area contributed by atoms with Crippen LogP contribution >= 0.6 is 0 Å². The number of carbonyl (C=O) groups excluding carboxylic acids is 1. The number of hydrogen-bond acceptors (Lipinski definition) is 5. The van der Waals surface area contributed by atoms with Crippen LogP contribution in [0.1, 0.15) is 15.9 Å². The molecule has 0 atom stereocenters. The first-order chi connectivity index (χ1) is 11.6. The quantitative estimate of drug-likeness (QED) is 0.574. The average molecular weight is 328 g/mol. The zero-order valence-corrected chi connectivity index (χ0v) is 14.2. The fourth-order valence-corrected chi connectivity index (χ4v) is 2.30. The van der Waals surface area contributed by atoms with Crippen molar-refractivity contribution in [2.45, 2.75) is 0 Å². The van der Waals surface area contributed by atoms with Gasteiger partial charge in [0.05, 0.1) is 34.0 Å². The third-order valence-corrected chi connectivity index (χ3v) is 3.52. The lowest BCUT2D eigenvalue weighted by atomic mass is 10.1. The highest BCUT2D eigenvalue weighted by atomic mass is 16.5. The lowest BCUT2D eigenvalue weighted by Crippen LogP contribution is -2.00. The summed E-state index contributed by atoms with van der Waals surface area (Å²) in [5.74, 6) is 2.09. The van der Waals surface area contributed by atoms with Crippen molar-refractivity contribution in [3.8, 4) is 23.0 Å². The van der Waals surface area contributed by atoms with Gasteiger partial charge >= 0.3 is 0 Å². The first-order valence-electron chi connectivity index (χ1n) is 7.30. The Kier molecular flexibility index (Phi) is 5.84. The molecule has 0 heterocycles. The van der Waals surface area contributed by atoms with Crippen LogP contribution in [-0.2, 0) is 0 Å². The van der Waals surface area contributed by atoms with E-state index in [0.717, 1.165) is 5.56 Å². The van der Waals surface area contributed by atoms with Gasteiger partial charge in [0.25, 0.3) is 0 Å². The van der Waals surface area contributed by atoms with E-state index in [2.05, 4.69) is 0 Å². The summed E-state index contributed by atoms with van der Waals surface area (Å²) in [5, 5.41) is 0. The van der Waals surface area contributed by atoms with Crippen molar-refractivity contribution in [2.75, 3.05) is 28.4 Å². The summed E-state index contributed by atoms with van der Waals surface area (Å²) in [6.45, 7) is 0. The SMILES string of the molecule is COc1ccc(C(=O)C=Cc2cccc(OC)c2OC)c(OC)c1. The Hall–Kier alpha value is -2.95. The minimum absolute atomic E-state index is 0.181. The van der Waals surface area contributed by atoms with Crippen LogP contribution in [0.15, 0.2) is 42.5 Å². The first-order valence-corrected chi connectivity index (χ1v) is 7.30. The van der Waals surface area contributed by atoms with E-state index >= 15 is 0 Å². The van der Waals surface area contributed by atoms with Gasteiger partial charge in [-0.2, -0.15) is 0 Å². The summed E-state index contributed by atoms with van der Waals surface area (Å²) in [6, 6.07) is 10.5. The standard InChI is InChI=1S/C19H20O5/c1-21-14-9-10-15(18(12-14)23-3)16(20)11-8-13-6-5-7-17(22-2)19(13)24-4/h5-12H,1-4H3. The summed E-state index contributed by atoms with van der Waals surface area (Å²) in [4.78, 5) is 12.5. The molecule has 5 heteroatoms. The fraction of sp³-hybridized carbons (Fsp3) is 0.211. The molecule has 2 aromatic carbocycles. The number of para-hydroxylation sites is 1. The molecular weight excluding hydrogens is 308 g/mol. The van der Waals surface area contributed by atoms with Gasteiger partial charge in [-0.1, -0.05) is 12.1 Å². The largest absolute Gasteiger partial charge is 0.497 e. The Morgan fingerprint density at radius 2 is 1.62 bits per heavy atom. The molecule has 126 valence electrons. The van der Waals surface area contributed by atoms with Gasteiger partial charge in [0.1, 0.15) is 11.5 Å². The number of ketones is 1. The summed E-state index contributed by atoms with van der Waals surface area (Å²) in [6.07, 6.45) is 3.16. The van der Waals surface area contributed by atoms with Crippen LogP contribution in [0, 0.1) is 0 Å². The zero-order chi connectivity index (χ0) is 17.5. The molecule has 2 rings (SSSR count). The van der Waals surface area contributed by atoms with Gasteiger partial charge in [0.2, 0.25) is 0 Å². The minimum atomic E-state index is -0.181. The summed E-state index contributed by atoms with van der Waals surface area (Å²) in [7, 11) is 6.20. The topological polar surface area (TPSA) is 54.0 Å². The van der Waals surface area contributed by atoms with Gasteiger partial charge < -0.3 is 18.9 Å². The van der Waals surface area contributed by atoms with Crippen molar-refractivity contribution >= 4 is 11.9 Å². The van der Waals surface area contributed by atoms with Crippen molar-refractivity contribution in [3.63, 3.8) is 0 Å². The molecule has 0 amide bonds. The van der Waals surface area contributed by atoms with Crippen LogP contribution in [0.2, 0.25) is 0 Å². The van der Waals surface area contributed by atoms with E-state index in [-0.39, 0.29) is 5.78 Å². The zero-order valence-electron chi connectivity index (χ0n) is 14.2. The third-order valence-electron chi connectivity index (χ3n) is 3.52. The molecule has 0 fully saturated rings. The van der Waals surface area contributed by atoms with Crippen molar-refractivity contribution in [2.24, 2.45) is 0 Å². The van der Waals surface area contributed by atoms with Crippen LogP contribution in [0.4, 0.5) is 0 Å². The van der Waals surface area contributed by atoms with E-state index < -0.39 is 0 Å². The van der Waals surface area contributed by atoms with Gasteiger partial charge in [0.15, 0.2) is 17.3 Å². The molecule has 0 radical (unpaired) electrons. The third kappa shape index (κ3) is 3.68. The van der Waals surface area contributed by atoms with Crippen LogP contribution < -0.4 is 18.9 Å². The van der Waals surface area contributed by atoms with E-state index in [1.807, 2.05) is 12.1 Å². The maximum Gasteiger partial charge on any atom is 0.189 e. The Balaban J connectivity index is 2.32. The molecule has 0 aliphatic carbocycles. The molecule has 0 aliphatic rings. The molecule has 0 aromatic heterocycles. The molecule has 0 spiro atoms. The molecule has 0 N–H and O–H groups in total. The Bertz CT molecular complexity index is 749. The Labute approximate surface area is 141 Å². The predicted molar refractivity (Wildman–Crippen MR) is 92.5 cm³/mol. The smallest absolute Gasteiger partial charge is 0.189 e. The predicted octanol–water partition coefficient (Wildman–Crippen LogP) is 3.62. The van der Waals surface area contributed by atoms with Gasteiger partial charge in [-0.25, -0.2) is 0 Å². The summed E-state index contributed by atoms with van der Waals surface area (Å²) < 4.78 is 21.0. The van der Waals surface area contributed by atoms with Crippen molar-refractivity contribution in [3.05, 3.63) is 53.6 Å². The van der Waals surface area contributed by atoms with E-state index in [9.17, 15) is 4.79 Å². The average Bonchev–Trinajstić information content (AvgIpc) is 2.64. The molecule has 0 aliphatic heterocycles. The van der Waals surface area contributed by atoms with Gasteiger partial charge in [-0.15, -0.1) is 0 Å². The number of rotatable bonds is 7. The maximum absolute atomic E-state index is 12.5. The van der Waals surface area contributed by atoms with Crippen molar-refractivity contribution < 1.29 is 23.7 Å². The molecule has 2 aromatic rings. The second kappa shape index (κ2) is 8.06. The van der Waals surface area contributed by atoms with Gasteiger partial charge in [-0.3, -0.25) is 4.79 Å². The number of carbonyl (C=O) groups is 1. The van der Waals surface area contributed by atoms with Crippen molar-refractivity contribution in [1.29, 1.82) is 0 Å². The number of methoxy groups -OCH3 is 4. The second-order valence-corrected chi connectivity index (χ2v) is 4.85. The van der Waals surface area contributed by atoms with E-state index in [0.29, 0.717) is 28.6 Å². The number of hydrogen-bond donors (Lipinski definition) is 0. The number of benzene rings is 2. The Morgan fingerprint density at radius 3 is 2.25 bits per heavy atom. The molecular formula is C19H20O5. The number of allylic oxidation sites excluding steroid dienone is 1. The fourth-order valence-electron chi connectivity index (χ4n) is 2.30. The lowest BCUT2D eigenvalue weighted by Gasteiger charge is -2.10. The highest BCUT2D eigenvalue weighted by molar-refractivity contribution is 6.08. The second-order valence-electron chi connectivity index (χ2n) is 4.85. The van der Waals surface area contributed by atoms with Gasteiger partial charge in [-0.05, 0) is 30.4 Å². The minimum Gasteiger partial charge on any atom is -0.497 e. The monoisotopic (exact) mass is 328 g/mol. The summed E-state index contributed by atoms with van der Waals surface area (Å²) >= 11 is 0. The normalized spacial score (nSPS) is 10.5.